The second kappa shape index (κ2) is 5.04. The van der Waals surface area contributed by atoms with E-state index in [9.17, 15) is 0 Å². The lowest BCUT2D eigenvalue weighted by molar-refractivity contribution is 0.112. The van der Waals surface area contributed by atoms with Crippen LogP contribution in [0.15, 0.2) is 24.3 Å². The van der Waals surface area contributed by atoms with E-state index in [4.69, 9.17) is 16.3 Å². The summed E-state index contributed by atoms with van der Waals surface area (Å²) in [6, 6.07) is 7.54. The van der Waals surface area contributed by atoms with Gasteiger partial charge in [0.05, 0.1) is 5.02 Å². The molecule has 1 rings (SSSR count). The lowest BCUT2D eigenvalue weighted by atomic mass is 10.1. The van der Waals surface area contributed by atoms with E-state index >= 15 is 0 Å². The Kier molecular flexibility index (Phi) is 4.27. The van der Waals surface area contributed by atoms with Gasteiger partial charge in [0.2, 0.25) is 0 Å². The molecule has 0 aliphatic carbocycles. The van der Waals surface area contributed by atoms with Crippen LogP contribution >= 0.6 is 27.5 Å². The summed E-state index contributed by atoms with van der Waals surface area (Å²) in [7, 11) is 0. The van der Waals surface area contributed by atoms with E-state index in [1.165, 1.54) is 0 Å². The molecular weight excluding hydrogens is 263 g/mol. The van der Waals surface area contributed by atoms with Gasteiger partial charge in [0.15, 0.2) is 0 Å². The third-order valence-corrected chi connectivity index (χ3v) is 3.72. The lowest BCUT2D eigenvalue weighted by Crippen LogP contribution is -2.33. The molecule has 3 heteroatoms. The molecule has 0 saturated carbocycles. The minimum absolute atomic E-state index is 0.189. The maximum atomic E-state index is 6.00. The van der Waals surface area contributed by atoms with Crippen LogP contribution in [0.2, 0.25) is 5.02 Å². The highest BCUT2D eigenvalue weighted by atomic mass is 79.9. The Morgan fingerprint density at radius 2 is 2.07 bits per heavy atom. The molecule has 1 atom stereocenters. The minimum Gasteiger partial charge on any atom is -0.485 e. The Hall–Kier alpha value is -0.210. The molecule has 0 aromatic heterocycles. The van der Waals surface area contributed by atoms with Crippen LogP contribution in [-0.4, -0.2) is 10.9 Å². The molecule has 0 heterocycles. The summed E-state index contributed by atoms with van der Waals surface area (Å²) in [6.07, 6.45) is 0.934. The summed E-state index contributed by atoms with van der Waals surface area (Å²) in [5, 5.41) is 1.45. The molecule has 0 N–H and O–H groups in total. The van der Waals surface area contributed by atoms with Crippen LogP contribution in [-0.2, 0) is 0 Å². The van der Waals surface area contributed by atoms with Gasteiger partial charge >= 0.3 is 0 Å². The summed E-state index contributed by atoms with van der Waals surface area (Å²) < 4.78 is 5.85. The first-order chi connectivity index (χ1) is 6.61. The molecule has 1 aromatic rings. The Bertz CT molecular complexity index is 297. The van der Waals surface area contributed by atoms with Gasteiger partial charge in [0, 0.05) is 5.33 Å². The van der Waals surface area contributed by atoms with Crippen molar-refractivity contribution in [1.29, 1.82) is 0 Å². The van der Waals surface area contributed by atoms with Gasteiger partial charge in [-0.3, -0.25) is 0 Å². The first-order valence-electron chi connectivity index (χ1n) is 4.61. The Morgan fingerprint density at radius 1 is 1.43 bits per heavy atom. The molecule has 78 valence electrons. The summed E-state index contributed by atoms with van der Waals surface area (Å²) in [5.74, 6) is 0.748. The van der Waals surface area contributed by atoms with Gasteiger partial charge in [-0.2, -0.15) is 0 Å². The number of ether oxygens (including phenoxy) is 1. The number of para-hydroxylation sites is 1. The van der Waals surface area contributed by atoms with Crippen molar-refractivity contribution in [2.24, 2.45) is 0 Å². The van der Waals surface area contributed by atoms with Crippen LogP contribution < -0.4 is 4.74 Å². The molecule has 0 spiro atoms. The predicted octanol–water partition coefficient (Wildman–Crippen LogP) is 4.28. The normalized spacial score (nSPS) is 14.9. The average Bonchev–Trinajstić information content (AvgIpc) is 2.21. The van der Waals surface area contributed by atoms with Crippen LogP contribution in [0.4, 0.5) is 0 Å². The van der Waals surface area contributed by atoms with Crippen molar-refractivity contribution >= 4 is 27.5 Å². The molecule has 0 aliphatic rings. The van der Waals surface area contributed by atoms with Gasteiger partial charge in [0.25, 0.3) is 0 Å². The molecule has 0 saturated heterocycles. The van der Waals surface area contributed by atoms with Crippen molar-refractivity contribution in [1.82, 2.24) is 0 Å². The van der Waals surface area contributed by atoms with E-state index in [1.54, 1.807) is 0 Å². The molecule has 0 radical (unpaired) electrons. The highest BCUT2D eigenvalue weighted by molar-refractivity contribution is 9.09. The highest BCUT2D eigenvalue weighted by Crippen LogP contribution is 2.29. The molecule has 0 bridgehead atoms. The van der Waals surface area contributed by atoms with E-state index < -0.39 is 0 Å². The van der Waals surface area contributed by atoms with Gasteiger partial charge < -0.3 is 4.74 Å². The second-order valence-electron chi connectivity index (χ2n) is 3.47. The topological polar surface area (TPSA) is 9.23 Å². The number of halogens is 2. The Morgan fingerprint density at radius 3 is 2.57 bits per heavy atom. The third-order valence-electron chi connectivity index (χ3n) is 2.22. The van der Waals surface area contributed by atoms with Gasteiger partial charge in [-0.1, -0.05) is 46.6 Å². The van der Waals surface area contributed by atoms with Crippen LogP contribution in [0.3, 0.4) is 0 Å². The second-order valence-corrected chi connectivity index (χ2v) is 4.44. The van der Waals surface area contributed by atoms with Crippen molar-refractivity contribution < 1.29 is 4.74 Å². The first kappa shape index (κ1) is 11.9. The minimum atomic E-state index is -0.189. The molecule has 0 aliphatic heterocycles. The lowest BCUT2D eigenvalue weighted by Gasteiger charge is -2.27. The summed E-state index contributed by atoms with van der Waals surface area (Å²) in [4.78, 5) is 0. The number of alkyl halides is 1. The van der Waals surface area contributed by atoms with Crippen LogP contribution in [0.25, 0.3) is 0 Å². The number of hydrogen-bond donors (Lipinski definition) is 0. The Labute approximate surface area is 98.5 Å². The van der Waals surface area contributed by atoms with Gasteiger partial charge in [-0.25, -0.2) is 0 Å². The van der Waals surface area contributed by atoms with Crippen molar-refractivity contribution in [3.8, 4) is 5.75 Å². The highest BCUT2D eigenvalue weighted by Gasteiger charge is 2.23. The smallest absolute Gasteiger partial charge is 0.138 e. The zero-order valence-electron chi connectivity index (χ0n) is 8.39. The fourth-order valence-electron chi connectivity index (χ4n) is 0.987. The van der Waals surface area contributed by atoms with Gasteiger partial charge in [-0.05, 0) is 25.5 Å². The number of hydrogen-bond acceptors (Lipinski definition) is 1. The SMILES string of the molecule is CCC(C)(CBr)Oc1ccccc1Cl. The van der Waals surface area contributed by atoms with Crippen LogP contribution in [0, 0.1) is 0 Å². The Balaban J connectivity index is 2.82. The molecule has 14 heavy (non-hydrogen) atoms. The van der Waals surface area contributed by atoms with Gasteiger partial charge in [-0.15, -0.1) is 0 Å². The monoisotopic (exact) mass is 276 g/mol. The summed E-state index contributed by atoms with van der Waals surface area (Å²) in [6.45, 7) is 4.16. The molecule has 0 amide bonds. The predicted molar refractivity (Wildman–Crippen MR) is 64.6 cm³/mol. The molecule has 0 fully saturated rings. The average molecular weight is 278 g/mol. The molecule has 1 unspecified atom stereocenters. The van der Waals surface area contributed by atoms with Crippen molar-refractivity contribution in [2.75, 3.05) is 5.33 Å². The van der Waals surface area contributed by atoms with E-state index in [1.807, 2.05) is 24.3 Å². The fraction of sp³-hybridized carbons (Fsp3) is 0.455. The van der Waals surface area contributed by atoms with Crippen molar-refractivity contribution in [3.63, 3.8) is 0 Å². The maximum absolute atomic E-state index is 6.00. The maximum Gasteiger partial charge on any atom is 0.138 e. The standard InChI is InChI=1S/C11H14BrClO/c1-3-11(2,8-12)14-10-7-5-4-6-9(10)13/h4-7H,3,8H2,1-2H3. The van der Waals surface area contributed by atoms with Crippen LogP contribution in [0.1, 0.15) is 20.3 Å². The largest absolute Gasteiger partial charge is 0.485 e. The number of rotatable bonds is 4. The quantitative estimate of drug-likeness (QED) is 0.746. The summed E-state index contributed by atoms with van der Waals surface area (Å²) >= 11 is 9.45. The van der Waals surface area contributed by atoms with E-state index in [0.29, 0.717) is 5.02 Å². The fourth-order valence-corrected chi connectivity index (χ4v) is 1.67. The van der Waals surface area contributed by atoms with E-state index in [-0.39, 0.29) is 5.60 Å². The zero-order valence-corrected chi connectivity index (χ0v) is 10.7. The molecular formula is C11H14BrClO. The van der Waals surface area contributed by atoms with E-state index in [2.05, 4.69) is 29.8 Å². The van der Waals surface area contributed by atoms with Crippen LogP contribution in [0.5, 0.6) is 5.75 Å². The van der Waals surface area contributed by atoms with Gasteiger partial charge in [0.1, 0.15) is 11.4 Å². The van der Waals surface area contributed by atoms with E-state index in [0.717, 1.165) is 17.5 Å². The first-order valence-corrected chi connectivity index (χ1v) is 6.11. The van der Waals surface area contributed by atoms with Crippen molar-refractivity contribution in [3.05, 3.63) is 29.3 Å². The summed E-state index contributed by atoms with van der Waals surface area (Å²) in [5.41, 5.74) is -0.189. The molecule has 1 aromatic carbocycles. The number of benzene rings is 1. The van der Waals surface area contributed by atoms with Crippen molar-refractivity contribution in [2.45, 2.75) is 25.9 Å². The third kappa shape index (κ3) is 2.89. The molecule has 1 nitrogen and oxygen atoms in total. The zero-order chi connectivity index (χ0) is 10.6.